The Bertz CT molecular complexity index is 1390. The number of hydrogen-bond acceptors (Lipinski definition) is 7. The Kier molecular flexibility index (Phi) is 3.98. The topological polar surface area (TPSA) is 95.2 Å². The highest BCUT2D eigenvalue weighted by Gasteiger charge is 2.44. The van der Waals surface area contributed by atoms with Crippen LogP contribution in [0.2, 0.25) is 0 Å². The number of fused-ring (bicyclic) bond motifs is 3. The number of carbonyl (C=O) groups is 1. The molecule has 4 aromatic rings. The smallest absolute Gasteiger partial charge is 0.228 e. The molecule has 5 heterocycles. The summed E-state index contributed by atoms with van der Waals surface area (Å²) < 4.78 is 7.87. The number of aromatic nitrogens is 6. The fraction of sp³-hybridized carbons (Fsp3) is 0.250. The van der Waals surface area contributed by atoms with Gasteiger partial charge in [-0.25, -0.2) is 14.5 Å². The first-order valence-electron chi connectivity index (χ1n) is 10.5. The van der Waals surface area contributed by atoms with Gasteiger partial charge in [0.2, 0.25) is 11.7 Å². The van der Waals surface area contributed by atoms with E-state index >= 15 is 0 Å². The number of carbonyl (C=O) groups excluding carboxylic acids is 1. The van der Waals surface area contributed by atoms with Crippen LogP contribution in [-0.4, -0.2) is 35.3 Å². The minimum Gasteiger partial charge on any atom is -0.442 e. The summed E-state index contributed by atoms with van der Waals surface area (Å²) in [7, 11) is 0. The molecule has 32 heavy (non-hydrogen) atoms. The van der Waals surface area contributed by atoms with Crippen LogP contribution in [0.5, 0.6) is 5.88 Å². The third-order valence-corrected chi connectivity index (χ3v) is 5.97. The van der Waals surface area contributed by atoms with Crippen molar-refractivity contribution in [2.45, 2.75) is 32.6 Å². The van der Waals surface area contributed by atoms with Gasteiger partial charge < -0.3 is 4.74 Å². The monoisotopic (exact) mass is 424 g/mol. The molecule has 1 atom stereocenters. The Morgan fingerprint density at radius 1 is 1.09 bits per heavy atom. The van der Waals surface area contributed by atoms with Gasteiger partial charge in [-0.2, -0.15) is 0 Å². The molecule has 0 fully saturated rings. The molecule has 8 nitrogen and oxygen atoms in total. The molecule has 0 amide bonds. The SMILES string of the molecule is CC1(C)CC(=O)C2=C(C1)Oc1ncn3nc(-c4ccccn4)nc3c1C2c1cccnc1. The van der Waals surface area contributed by atoms with Crippen LogP contribution in [0.3, 0.4) is 0 Å². The molecular formula is C24H20N6O2. The number of hydrogen-bond donors (Lipinski definition) is 0. The molecule has 1 aliphatic heterocycles. The zero-order valence-corrected chi connectivity index (χ0v) is 17.7. The predicted octanol–water partition coefficient (Wildman–Crippen LogP) is 3.75. The number of allylic oxidation sites excluding steroid dienone is 2. The minimum atomic E-state index is -0.372. The summed E-state index contributed by atoms with van der Waals surface area (Å²) >= 11 is 0. The molecule has 158 valence electrons. The highest BCUT2D eigenvalue weighted by atomic mass is 16.5. The van der Waals surface area contributed by atoms with E-state index in [-0.39, 0.29) is 17.1 Å². The van der Waals surface area contributed by atoms with Crippen molar-refractivity contribution in [3.8, 4) is 17.4 Å². The van der Waals surface area contributed by atoms with Gasteiger partial charge in [0.15, 0.2) is 11.4 Å². The van der Waals surface area contributed by atoms with Crippen molar-refractivity contribution in [1.82, 2.24) is 29.5 Å². The lowest BCUT2D eigenvalue weighted by Crippen LogP contribution is -2.33. The minimum absolute atomic E-state index is 0.0854. The first kappa shape index (κ1) is 18.8. The first-order chi connectivity index (χ1) is 15.5. The van der Waals surface area contributed by atoms with Gasteiger partial charge in [0, 0.05) is 37.0 Å². The third kappa shape index (κ3) is 2.90. The van der Waals surface area contributed by atoms with E-state index in [4.69, 9.17) is 9.72 Å². The number of ether oxygens (including phenoxy) is 1. The fourth-order valence-corrected chi connectivity index (χ4v) is 4.63. The first-order valence-corrected chi connectivity index (χ1v) is 10.5. The van der Waals surface area contributed by atoms with Gasteiger partial charge >= 0.3 is 0 Å². The Balaban J connectivity index is 1.61. The average molecular weight is 424 g/mol. The van der Waals surface area contributed by atoms with E-state index in [0.717, 1.165) is 11.1 Å². The maximum absolute atomic E-state index is 13.4. The van der Waals surface area contributed by atoms with E-state index in [1.165, 1.54) is 0 Å². The van der Waals surface area contributed by atoms with Crippen molar-refractivity contribution in [1.29, 1.82) is 0 Å². The zero-order chi connectivity index (χ0) is 21.9. The molecule has 0 spiro atoms. The van der Waals surface area contributed by atoms with Crippen LogP contribution in [0.4, 0.5) is 0 Å². The average Bonchev–Trinajstić information content (AvgIpc) is 3.23. The van der Waals surface area contributed by atoms with Gasteiger partial charge in [-0.3, -0.25) is 14.8 Å². The molecule has 6 rings (SSSR count). The molecule has 4 aromatic heterocycles. The summed E-state index contributed by atoms with van der Waals surface area (Å²) in [5, 5.41) is 4.57. The van der Waals surface area contributed by atoms with Gasteiger partial charge in [-0.05, 0) is 29.2 Å². The summed E-state index contributed by atoms with van der Waals surface area (Å²) in [5.74, 6) is 1.34. The fourth-order valence-electron chi connectivity index (χ4n) is 4.63. The van der Waals surface area contributed by atoms with E-state index in [1.54, 1.807) is 29.4 Å². The maximum Gasteiger partial charge on any atom is 0.228 e. The summed E-state index contributed by atoms with van der Waals surface area (Å²) in [5.41, 5.74) is 3.38. The van der Waals surface area contributed by atoms with Crippen molar-refractivity contribution in [3.63, 3.8) is 0 Å². The van der Waals surface area contributed by atoms with E-state index in [2.05, 4.69) is 33.9 Å². The zero-order valence-electron chi connectivity index (χ0n) is 17.7. The molecule has 0 aromatic carbocycles. The van der Waals surface area contributed by atoms with Crippen LogP contribution in [0.1, 0.15) is 43.7 Å². The lowest BCUT2D eigenvalue weighted by Gasteiger charge is -2.37. The standard InChI is InChI=1S/C24H20N6O2/c1-24(2)10-16(31)19-17(11-24)32-23-20(18(19)14-6-5-8-25-12-14)22-28-21(29-30(22)13-27-23)15-7-3-4-9-26-15/h3-9,12-13,18H,10-11H2,1-2H3. The molecule has 2 aliphatic rings. The lowest BCUT2D eigenvalue weighted by atomic mass is 9.70. The molecule has 0 saturated carbocycles. The number of Topliss-reactive ketones (excluding diaryl/α,β-unsaturated/α-hetero) is 1. The van der Waals surface area contributed by atoms with Crippen LogP contribution < -0.4 is 4.74 Å². The van der Waals surface area contributed by atoms with E-state index in [9.17, 15) is 4.79 Å². The summed E-state index contributed by atoms with van der Waals surface area (Å²) in [6, 6.07) is 9.45. The largest absolute Gasteiger partial charge is 0.442 e. The number of ketones is 1. The van der Waals surface area contributed by atoms with Gasteiger partial charge in [-0.1, -0.05) is 26.0 Å². The van der Waals surface area contributed by atoms with Crippen molar-refractivity contribution in [2.75, 3.05) is 0 Å². The highest BCUT2D eigenvalue weighted by Crippen LogP contribution is 2.50. The van der Waals surface area contributed by atoms with Crippen molar-refractivity contribution in [3.05, 3.63) is 77.7 Å². The van der Waals surface area contributed by atoms with E-state index in [1.807, 2.05) is 30.3 Å². The summed E-state index contributed by atoms with van der Waals surface area (Å²) in [6.45, 7) is 4.17. The Morgan fingerprint density at radius 2 is 2.00 bits per heavy atom. The molecule has 0 N–H and O–H groups in total. The van der Waals surface area contributed by atoms with Crippen LogP contribution in [0.25, 0.3) is 17.2 Å². The summed E-state index contributed by atoms with van der Waals surface area (Å²) in [4.78, 5) is 31.4. The number of rotatable bonds is 2. The van der Waals surface area contributed by atoms with Crippen molar-refractivity contribution < 1.29 is 9.53 Å². The maximum atomic E-state index is 13.4. The normalized spacial score (nSPS) is 19.4. The van der Waals surface area contributed by atoms with E-state index < -0.39 is 0 Å². The van der Waals surface area contributed by atoms with Crippen molar-refractivity contribution in [2.24, 2.45) is 5.41 Å². The Morgan fingerprint density at radius 3 is 2.78 bits per heavy atom. The molecule has 1 unspecified atom stereocenters. The van der Waals surface area contributed by atoms with Gasteiger partial charge in [0.25, 0.3) is 0 Å². The molecular weight excluding hydrogens is 404 g/mol. The molecule has 0 bridgehead atoms. The van der Waals surface area contributed by atoms with Crippen molar-refractivity contribution >= 4 is 11.4 Å². The van der Waals surface area contributed by atoms with Crippen LogP contribution in [0.15, 0.2) is 66.6 Å². The second kappa shape index (κ2) is 6.78. The van der Waals surface area contributed by atoms with E-state index in [0.29, 0.717) is 47.2 Å². The number of pyridine rings is 2. The highest BCUT2D eigenvalue weighted by molar-refractivity contribution is 6.00. The Hall–Kier alpha value is -3.94. The second-order valence-corrected chi connectivity index (χ2v) is 8.98. The van der Waals surface area contributed by atoms with Gasteiger partial charge in [-0.15, -0.1) is 5.10 Å². The van der Waals surface area contributed by atoms with Gasteiger partial charge in [0.1, 0.15) is 17.8 Å². The van der Waals surface area contributed by atoms with Crippen LogP contribution in [-0.2, 0) is 4.79 Å². The number of nitrogens with zero attached hydrogens (tertiary/aromatic N) is 6. The molecule has 0 saturated heterocycles. The second-order valence-electron chi connectivity index (χ2n) is 8.98. The Labute approximate surface area is 184 Å². The van der Waals surface area contributed by atoms with Gasteiger partial charge in [0.05, 0.1) is 11.5 Å². The third-order valence-electron chi connectivity index (χ3n) is 5.97. The predicted molar refractivity (Wildman–Crippen MR) is 116 cm³/mol. The summed E-state index contributed by atoms with van der Waals surface area (Å²) in [6.07, 6.45) is 7.94. The van der Waals surface area contributed by atoms with Crippen LogP contribution in [0, 0.1) is 5.41 Å². The molecule has 1 aliphatic carbocycles. The molecule has 8 heteroatoms. The quantitative estimate of drug-likeness (QED) is 0.484. The molecule has 0 radical (unpaired) electrons. The van der Waals surface area contributed by atoms with Crippen LogP contribution >= 0.6 is 0 Å². The lowest BCUT2D eigenvalue weighted by molar-refractivity contribution is -0.118.